The maximum absolute atomic E-state index is 6.01. The third kappa shape index (κ3) is 3.14. The van der Waals surface area contributed by atoms with E-state index in [1.54, 1.807) is 7.11 Å². The number of methoxy groups -OCH3 is 1. The van der Waals surface area contributed by atoms with Crippen LogP contribution in [-0.4, -0.2) is 50.9 Å². The monoisotopic (exact) mass is 276 g/mol. The van der Waals surface area contributed by atoms with Crippen molar-refractivity contribution in [3.63, 3.8) is 0 Å². The fourth-order valence-electron chi connectivity index (χ4n) is 2.87. The van der Waals surface area contributed by atoms with E-state index in [1.165, 1.54) is 18.4 Å². The number of benzene rings is 1. The van der Waals surface area contributed by atoms with Gasteiger partial charge in [-0.1, -0.05) is 12.1 Å². The summed E-state index contributed by atoms with van der Waals surface area (Å²) >= 11 is 0. The zero-order valence-electron chi connectivity index (χ0n) is 12.3. The molecule has 1 aliphatic heterocycles. The molecule has 110 valence electrons. The van der Waals surface area contributed by atoms with Gasteiger partial charge in [0.05, 0.1) is 25.9 Å². The molecule has 1 N–H and O–H groups in total. The lowest BCUT2D eigenvalue weighted by Gasteiger charge is -2.39. The maximum Gasteiger partial charge on any atom is 0.118 e. The number of likely N-dealkylation sites (N-methyl/N-ethyl adjacent to an activating group) is 1. The number of nitrogens with one attached hydrogen (secondary N) is 1. The molecule has 4 heteroatoms. The Bertz CT molecular complexity index is 431. The molecule has 0 amide bonds. The normalized spacial score (nSPS) is 27.5. The molecular weight excluding hydrogens is 252 g/mol. The highest BCUT2D eigenvalue weighted by Crippen LogP contribution is 2.30. The van der Waals surface area contributed by atoms with Crippen LogP contribution >= 0.6 is 0 Å². The molecule has 20 heavy (non-hydrogen) atoms. The summed E-state index contributed by atoms with van der Waals surface area (Å²) in [6.45, 7) is 2.74. The largest absolute Gasteiger partial charge is 0.497 e. The van der Waals surface area contributed by atoms with Gasteiger partial charge in [0.15, 0.2) is 0 Å². The Hall–Kier alpha value is -1.10. The first kappa shape index (κ1) is 13.9. The van der Waals surface area contributed by atoms with Crippen LogP contribution in [0.1, 0.15) is 24.4 Å². The van der Waals surface area contributed by atoms with Crippen molar-refractivity contribution < 1.29 is 9.47 Å². The summed E-state index contributed by atoms with van der Waals surface area (Å²) in [7, 11) is 3.88. The fraction of sp³-hybridized carbons (Fsp3) is 0.625. The lowest BCUT2D eigenvalue weighted by Crippen LogP contribution is -2.47. The first-order valence-corrected chi connectivity index (χ1v) is 7.47. The summed E-state index contributed by atoms with van der Waals surface area (Å²) < 4.78 is 11.3. The van der Waals surface area contributed by atoms with Crippen LogP contribution in [0.3, 0.4) is 0 Å². The van der Waals surface area contributed by atoms with Crippen molar-refractivity contribution in [3.8, 4) is 5.75 Å². The number of hydrogen-bond donors (Lipinski definition) is 1. The Kier molecular flexibility index (Phi) is 4.24. The predicted octanol–water partition coefficient (Wildman–Crippen LogP) is 1.82. The van der Waals surface area contributed by atoms with Gasteiger partial charge >= 0.3 is 0 Å². The minimum atomic E-state index is 0.225. The van der Waals surface area contributed by atoms with Gasteiger partial charge in [-0.25, -0.2) is 0 Å². The Balaban J connectivity index is 1.72. The van der Waals surface area contributed by atoms with E-state index in [2.05, 4.69) is 29.4 Å². The van der Waals surface area contributed by atoms with Crippen LogP contribution in [-0.2, 0) is 4.74 Å². The van der Waals surface area contributed by atoms with Gasteiger partial charge in [0.2, 0.25) is 0 Å². The molecular formula is C16H24N2O2. The van der Waals surface area contributed by atoms with Gasteiger partial charge in [-0.05, 0) is 37.6 Å². The molecule has 2 fully saturated rings. The van der Waals surface area contributed by atoms with Crippen molar-refractivity contribution in [1.29, 1.82) is 0 Å². The second-order valence-electron chi connectivity index (χ2n) is 5.79. The molecule has 1 aliphatic carbocycles. The summed E-state index contributed by atoms with van der Waals surface area (Å²) in [6.07, 6.45) is 2.86. The minimum Gasteiger partial charge on any atom is -0.497 e. The molecule has 1 aromatic carbocycles. The van der Waals surface area contributed by atoms with Crippen LogP contribution in [0.5, 0.6) is 5.75 Å². The molecule has 1 saturated heterocycles. The van der Waals surface area contributed by atoms with E-state index >= 15 is 0 Å². The molecule has 3 rings (SSSR count). The summed E-state index contributed by atoms with van der Waals surface area (Å²) in [5.41, 5.74) is 1.30. The highest BCUT2D eigenvalue weighted by Gasteiger charge is 2.32. The van der Waals surface area contributed by atoms with Gasteiger partial charge in [-0.3, -0.25) is 4.90 Å². The second kappa shape index (κ2) is 6.12. The summed E-state index contributed by atoms with van der Waals surface area (Å²) in [5.74, 6) is 0.904. The van der Waals surface area contributed by atoms with Gasteiger partial charge in [-0.15, -0.1) is 0 Å². The van der Waals surface area contributed by atoms with Gasteiger partial charge in [0, 0.05) is 19.1 Å². The number of ether oxygens (including phenoxy) is 2. The highest BCUT2D eigenvalue weighted by molar-refractivity contribution is 5.30. The molecule has 1 heterocycles. The van der Waals surface area contributed by atoms with Crippen LogP contribution in [0.4, 0.5) is 0 Å². The molecule has 4 nitrogen and oxygen atoms in total. The van der Waals surface area contributed by atoms with E-state index in [-0.39, 0.29) is 6.10 Å². The number of rotatable bonds is 5. The van der Waals surface area contributed by atoms with Gasteiger partial charge in [-0.2, -0.15) is 0 Å². The van der Waals surface area contributed by atoms with E-state index in [4.69, 9.17) is 9.47 Å². The first-order valence-electron chi connectivity index (χ1n) is 7.47. The summed E-state index contributed by atoms with van der Waals surface area (Å²) in [6, 6.07) is 9.41. The highest BCUT2D eigenvalue weighted by atomic mass is 16.5. The van der Waals surface area contributed by atoms with E-state index in [1.807, 2.05) is 12.1 Å². The Morgan fingerprint density at radius 1 is 1.30 bits per heavy atom. The first-order chi connectivity index (χ1) is 9.78. The van der Waals surface area contributed by atoms with Crippen LogP contribution < -0.4 is 10.1 Å². The lowest BCUT2D eigenvalue weighted by atomic mass is 9.98. The Labute approximate surface area is 121 Å². The van der Waals surface area contributed by atoms with Crippen LogP contribution in [0.15, 0.2) is 24.3 Å². The van der Waals surface area contributed by atoms with Crippen LogP contribution in [0.25, 0.3) is 0 Å². The van der Waals surface area contributed by atoms with E-state index in [0.29, 0.717) is 6.04 Å². The van der Waals surface area contributed by atoms with Crippen molar-refractivity contribution in [1.82, 2.24) is 10.2 Å². The molecule has 0 aromatic heterocycles. The van der Waals surface area contributed by atoms with E-state index < -0.39 is 0 Å². The van der Waals surface area contributed by atoms with E-state index in [9.17, 15) is 0 Å². The molecule has 1 saturated carbocycles. The zero-order chi connectivity index (χ0) is 13.9. The summed E-state index contributed by atoms with van der Waals surface area (Å²) in [5, 5.41) is 3.59. The fourth-order valence-corrected chi connectivity index (χ4v) is 2.87. The molecule has 2 unspecified atom stereocenters. The lowest BCUT2D eigenvalue weighted by molar-refractivity contribution is -0.0615. The van der Waals surface area contributed by atoms with Crippen molar-refractivity contribution in [3.05, 3.63) is 29.8 Å². The second-order valence-corrected chi connectivity index (χ2v) is 5.79. The molecule has 2 atom stereocenters. The smallest absolute Gasteiger partial charge is 0.118 e. The number of nitrogens with zero attached hydrogens (tertiary/aromatic N) is 1. The molecule has 0 spiro atoms. The average Bonchev–Trinajstić information content (AvgIpc) is 3.30. The summed E-state index contributed by atoms with van der Waals surface area (Å²) in [4.78, 5) is 2.39. The molecule has 2 aliphatic rings. The van der Waals surface area contributed by atoms with Crippen molar-refractivity contribution in [2.75, 3.05) is 33.9 Å². The zero-order valence-corrected chi connectivity index (χ0v) is 12.3. The standard InChI is InChI=1S/C16H24N2O2/c1-18-9-10-20-15(11-17-13-5-6-13)16(18)12-3-7-14(19-2)8-4-12/h3-4,7-8,13,15-17H,5-6,9-11H2,1-2H3. The van der Waals surface area contributed by atoms with Gasteiger partial charge in [0.25, 0.3) is 0 Å². The Morgan fingerprint density at radius 2 is 2.05 bits per heavy atom. The third-order valence-electron chi connectivity index (χ3n) is 4.25. The SMILES string of the molecule is COc1ccc(C2C(CNC3CC3)OCCN2C)cc1. The Morgan fingerprint density at radius 3 is 2.70 bits per heavy atom. The predicted molar refractivity (Wildman–Crippen MR) is 79.1 cm³/mol. The van der Waals surface area contributed by atoms with E-state index in [0.717, 1.165) is 31.5 Å². The topological polar surface area (TPSA) is 33.7 Å². The molecule has 0 radical (unpaired) electrons. The minimum absolute atomic E-state index is 0.225. The number of morpholine rings is 1. The average molecular weight is 276 g/mol. The van der Waals surface area contributed by atoms with Gasteiger partial charge in [0.1, 0.15) is 5.75 Å². The van der Waals surface area contributed by atoms with Crippen molar-refractivity contribution in [2.24, 2.45) is 0 Å². The van der Waals surface area contributed by atoms with Crippen molar-refractivity contribution in [2.45, 2.75) is 31.0 Å². The van der Waals surface area contributed by atoms with Crippen LogP contribution in [0.2, 0.25) is 0 Å². The third-order valence-corrected chi connectivity index (χ3v) is 4.25. The quantitative estimate of drug-likeness (QED) is 0.889. The maximum atomic E-state index is 6.01. The van der Waals surface area contributed by atoms with Crippen molar-refractivity contribution >= 4 is 0 Å². The molecule has 0 bridgehead atoms. The van der Waals surface area contributed by atoms with Gasteiger partial charge < -0.3 is 14.8 Å². The number of hydrogen-bond acceptors (Lipinski definition) is 4. The van der Waals surface area contributed by atoms with Crippen LogP contribution in [0, 0.1) is 0 Å². The molecule has 1 aromatic rings.